The van der Waals surface area contributed by atoms with E-state index in [1.807, 2.05) is 41.3 Å². The van der Waals surface area contributed by atoms with Crippen LogP contribution in [0.2, 0.25) is 5.02 Å². The van der Waals surface area contributed by atoms with Gasteiger partial charge in [0.25, 0.3) is 0 Å². The van der Waals surface area contributed by atoms with Gasteiger partial charge >= 0.3 is 0 Å². The summed E-state index contributed by atoms with van der Waals surface area (Å²) >= 11 is 6.52. The van der Waals surface area contributed by atoms with Crippen LogP contribution >= 0.6 is 11.6 Å². The van der Waals surface area contributed by atoms with Gasteiger partial charge in [0.1, 0.15) is 11.5 Å². The molecule has 1 aromatic heterocycles. The fraction of sp³-hybridized carbons (Fsp3) is 0.263. The molecule has 1 unspecified atom stereocenters. The number of fused-ring (bicyclic) bond motifs is 8. The van der Waals surface area contributed by atoms with Crippen molar-refractivity contribution in [2.24, 2.45) is 0 Å². The van der Waals surface area contributed by atoms with Crippen molar-refractivity contribution in [1.29, 1.82) is 0 Å². The van der Waals surface area contributed by atoms with Crippen molar-refractivity contribution in [2.75, 3.05) is 4.90 Å². The number of hydrogen-bond acceptors (Lipinski definition) is 2. The smallest absolute Gasteiger partial charge is 0.228 e. The number of amides is 1. The van der Waals surface area contributed by atoms with Crippen LogP contribution in [0.4, 0.5) is 5.69 Å². The average Bonchev–Trinajstić information content (AvgIpc) is 2.96. The highest BCUT2D eigenvalue weighted by Gasteiger charge is 2.48. The molecule has 5 rings (SSSR count). The number of halogens is 1. The second-order valence-corrected chi connectivity index (χ2v) is 7.10. The van der Waals surface area contributed by atoms with Crippen LogP contribution in [0.3, 0.4) is 0 Å². The predicted octanol–water partition coefficient (Wildman–Crippen LogP) is 4.56. The van der Waals surface area contributed by atoms with Gasteiger partial charge in [-0.05, 0) is 44.0 Å². The predicted molar refractivity (Wildman–Crippen MR) is 95.2 cm³/mol. The third-order valence-corrected chi connectivity index (χ3v) is 5.57. The van der Waals surface area contributed by atoms with E-state index in [0.717, 1.165) is 41.0 Å². The summed E-state index contributed by atoms with van der Waals surface area (Å²) in [7, 11) is 0. The monoisotopic (exact) mass is 337 g/mol. The number of carbonyl (C=O) groups is 1. The van der Waals surface area contributed by atoms with Crippen molar-refractivity contribution >= 4 is 34.2 Å². The first kappa shape index (κ1) is 14.1. The molecule has 2 aliphatic heterocycles. The van der Waals surface area contributed by atoms with Crippen molar-refractivity contribution in [2.45, 2.75) is 31.8 Å². The van der Waals surface area contributed by atoms with E-state index in [1.54, 1.807) is 0 Å². The topological polar surface area (TPSA) is 38.1 Å². The maximum absolute atomic E-state index is 12.8. The molecule has 24 heavy (non-hydrogen) atoms. The van der Waals surface area contributed by atoms with Gasteiger partial charge in [-0.25, -0.2) is 4.98 Å². The molecule has 3 aromatic rings. The van der Waals surface area contributed by atoms with Gasteiger partial charge in [-0.3, -0.25) is 14.3 Å². The summed E-state index contributed by atoms with van der Waals surface area (Å²) < 4.78 is 2.22. The van der Waals surface area contributed by atoms with Crippen LogP contribution in [-0.4, -0.2) is 15.5 Å². The number of piperidine rings is 1. The third kappa shape index (κ3) is 1.59. The minimum Gasteiger partial charge on any atom is -0.300 e. The minimum absolute atomic E-state index is 0.126. The SMILES string of the molecule is CC12CCCC(=O)N1c1c(Cl)cccc1-c1nc3ccccc3n12. The first-order chi connectivity index (χ1) is 11.6. The largest absolute Gasteiger partial charge is 0.300 e. The Labute approximate surface area is 144 Å². The van der Waals surface area contributed by atoms with E-state index in [-0.39, 0.29) is 5.91 Å². The summed E-state index contributed by atoms with van der Waals surface area (Å²) in [4.78, 5) is 19.6. The van der Waals surface area contributed by atoms with E-state index >= 15 is 0 Å². The van der Waals surface area contributed by atoms with Crippen molar-refractivity contribution in [3.05, 3.63) is 47.5 Å². The van der Waals surface area contributed by atoms with Crippen molar-refractivity contribution in [3.63, 3.8) is 0 Å². The molecule has 0 N–H and O–H groups in total. The average molecular weight is 338 g/mol. The summed E-state index contributed by atoms with van der Waals surface area (Å²) in [5.41, 5.74) is 3.25. The molecule has 1 amide bonds. The minimum atomic E-state index is -0.473. The molecule has 0 bridgehead atoms. The molecule has 0 saturated carbocycles. The second-order valence-electron chi connectivity index (χ2n) is 6.70. The molecule has 120 valence electrons. The van der Waals surface area contributed by atoms with Crippen LogP contribution in [0.5, 0.6) is 0 Å². The molecule has 2 aromatic carbocycles. The Morgan fingerprint density at radius 3 is 2.88 bits per heavy atom. The van der Waals surface area contributed by atoms with E-state index in [9.17, 15) is 4.79 Å². The molecule has 1 atom stereocenters. The van der Waals surface area contributed by atoms with E-state index in [2.05, 4.69) is 17.6 Å². The molecule has 1 saturated heterocycles. The number of carbonyl (C=O) groups excluding carboxylic acids is 1. The Bertz CT molecular complexity index is 1010. The highest BCUT2D eigenvalue weighted by atomic mass is 35.5. The number of para-hydroxylation sites is 3. The first-order valence-electron chi connectivity index (χ1n) is 8.21. The zero-order chi connectivity index (χ0) is 16.5. The zero-order valence-electron chi connectivity index (χ0n) is 13.3. The van der Waals surface area contributed by atoms with Gasteiger partial charge in [-0.1, -0.05) is 29.8 Å². The quantitative estimate of drug-likeness (QED) is 0.603. The van der Waals surface area contributed by atoms with Crippen LogP contribution in [-0.2, 0) is 10.5 Å². The second kappa shape index (κ2) is 4.61. The van der Waals surface area contributed by atoms with Crippen molar-refractivity contribution in [1.82, 2.24) is 9.55 Å². The van der Waals surface area contributed by atoms with E-state index < -0.39 is 5.66 Å². The van der Waals surface area contributed by atoms with E-state index in [0.29, 0.717) is 11.4 Å². The standard InChI is InChI=1S/C19H16ClN3O/c1-19-11-5-10-16(24)23(19)17-12(6-4-7-13(17)20)18-21-14-8-2-3-9-15(14)22(18)19/h2-4,6-9H,5,10-11H2,1H3. The maximum atomic E-state index is 12.8. The Morgan fingerprint density at radius 2 is 2.00 bits per heavy atom. The highest BCUT2D eigenvalue weighted by Crippen LogP contribution is 2.51. The number of nitrogens with zero attached hydrogens (tertiary/aromatic N) is 3. The number of imidazole rings is 1. The Morgan fingerprint density at radius 1 is 1.17 bits per heavy atom. The Hall–Kier alpha value is -2.33. The lowest BCUT2D eigenvalue weighted by atomic mass is 9.90. The molecule has 0 aliphatic carbocycles. The number of rotatable bonds is 0. The number of benzene rings is 2. The van der Waals surface area contributed by atoms with E-state index in [1.165, 1.54) is 0 Å². The maximum Gasteiger partial charge on any atom is 0.228 e. The summed E-state index contributed by atoms with van der Waals surface area (Å²) in [5.74, 6) is 1.02. The molecule has 5 heteroatoms. The summed E-state index contributed by atoms with van der Waals surface area (Å²) in [5, 5.41) is 0.604. The van der Waals surface area contributed by atoms with Gasteiger partial charge in [0.2, 0.25) is 5.91 Å². The lowest BCUT2D eigenvalue weighted by Crippen LogP contribution is -2.56. The Balaban J connectivity index is 1.96. The number of anilines is 1. The normalized spacial score (nSPS) is 22.2. The summed E-state index contributed by atoms with van der Waals surface area (Å²) in [6, 6.07) is 13.9. The molecule has 3 heterocycles. The van der Waals surface area contributed by atoms with Gasteiger partial charge in [0.15, 0.2) is 0 Å². The Kier molecular flexibility index (Phi) is 2.70. The summed E-state index contributed by atoms with van der Waals surface area (Å²) in [6.07, 6.45) is 2.32. The van der Waals surface area contributed by atoms with Crippen molar-refractivity contribution < 1.29 is 4.79 Å². The van der Waals surface area contributed by atoms with Gasteiger partial charge in [0.05, 0.1) is 21.7 Å². The van der Waals surface area contributed by atoms with Gasteiger partial charge in [-0.15, -0.1) is 0 Å². The van der Waals surface area contributed by atoms with Gasteiger partial charge < -0.3 is 0 Å². The lowest BCUT2D eigenvalue weighted by molar-refractivity contribution is -0.122. The number of aromatic nitrogens is 2. The molecule has 0 radical (unpaired) electrons. The van der Waals surface area contributed by atoms with Gasteiger partial charge in [0, 0.05) is 12.0 Å². The van der Waals surface area contributed by atoms with Crippen LogP contribution in [0.15, 0.2) is 42.5 Å². The molecular weight excluding hydrogens is 322 g/mol. The van der Waals surface area contributed by atoms with Crippen LogP contribution < -0.4 is 4.90 Å². The van der Waals surface area contributed by atoms with Gasteiger partial charge in [-0.2, -0.15) is 0 Å². The molecule has 0 spiro atoms. The zero-order valence-corrected chi connectivity index (χ0v) is 14.0. The van der Waals surface area contributed by atoms with Crippen LogP contribution in [0.1, 0.15) is 26.2 Å². The summed E-state index contributed by atoms with van der Waals surface area (Å²) in [6.45, 7) is 2.12. The van der Waals surface area contributed by atoms with Crippen LogP contribution in [0, 0.1) is 0 Å². The molecule has 1 fully saturated rings. The van der Waals surface area contributed by atoms with E-state index in [4.69, 9.17) is 16.6 Å². The fourth-order valence-corrected chi connectivity index (χ4v) is 4.52. The molecule has 4 nitrogen and oxygen atoms in total. The van der Waals surface area contributed by atoms with Crippen LogP contribution in [0.25, 0.3) is 22.4 Å². The number of hydrogen-bond donors (Lipinski definition) is 0. The highest BCUT2D eigenvalue weighted by molar-refractivity contribution is 6.35. The first-order valence-corrected chi connectivity index (χ1v) is 8.59. The fourth-order valence-electron chi connectivity index (χ4n) is 4.26. The van der Waals surface area contributed by atoms with Crippen molar-refractivity contribution in [3.8, 4) is 11.4 Å². The third-order valence-electron chi connectivity index (χ3n) is 5.27. The molecular formula is C19H16ClN3O. The molecule has 2 aliphatic rings. The lowest BCUT2D eigenvalue weighted by Gasteiger charge is -2.49.